The van der Waals surface area contributed by atoms with Gasteiger partial charge >= 0.3 is 0 Å². The monoisotopic (exact) mass is 202 g/mol. The Morgan fingerprint density at radius 3 is 2.86 bits per heavy atom. The molecule has 0 bridgehead atoms. The molecule has 1 rings (SSSR count). The van der Waals surface area contributed by atoms with E-state index in [2.05, 4.69) is 5.32 Å². The number of nitrogens with two attached hydrogens (primary N) is 1. The van der Waals surface area contributed by atoms with Gasteiger partial charge < -0.3 is 20.5 Å². The Morgan fingerprint density at radius 2 is 2.29 bits per heavy atom. The van der Waals surface area contributed by atoms with Crippen LogP contribution in [-0.2, 0) is 9.47 Å². The molecule has 14 heavy (non-hydrogen) atoms. The van der Waals surface area contributed by atoms with Crippen LogP contribution in [0, 0.1) is 5.92 Å². The minimum absolute atomic E-state index is 0.124. The third-order valence-electron chi connectivity index (χ3n) is 2.44. The lowest BCUT2D eigenvalue weighted by molar-refractivity contribution is 0.0983. The molecule has 0 aliphatic heterocycles. The molecule has 1 saturated carbocycles. The maximum Gasteiger partial charge on any atom is 0.0817 e. The first-order valence-corrected chi connectivity index (χ1v) is 5.38. The second-order valence-corrected chi connectivity index (χ2v) is 3.82. The average Bonchev–Trinajstić information content (AvgIpc) is 3.01. The summed E-state index contributed by atoms with van der Waals surface area (Å²) in [5, 5.41) is 3.25. The summed E-state index contributed by atoms with van der Waals surface area (Å²) in [6.45, 7) is 3.97. The van der Waals surface area contributed by atoms with E-state index < -0.39 is 0 Å². The van der Waals surface area contributed by atoms with Crippen LogP contribution >= 0.6 is 0 Å². The standard InChI is InChI=1S/C10H22N2O2/c1-13-10(6-11)7-12-4-5-14-8-9-2-3-9/h9-10,12H,2-8,11H2,1H3. The third kappa shape index (κ3) is 5.54. The molecule has 4 nitrogen and oxygen atoms in total. The van der Waals surface area contributed by atoms with Gasteiger partial charge in [-0.05, 0) is 18.8 Å². The first-order valence-electron chi connectivity index (χ1n) is 5.38. The van der Waals surface area contributed by atoms with Gasteiger partial charge in [-0.2, -0.15) is 0 Å². The molecule has 4 heteroatoms. The molecule has 0 aromatic heterocycles. The zero-order valence-corrected chi connectivity index (χ0v) is 9.00. The molecule has 0 aromatic rings. The first kappa shape index (κ1) is 11.9. The lowest BCUT2D eigenvalue weighted by Crippen LogP contribution is -2.35. The summed E-state index contributed by atoms with van der Waals surface area (Å²) in [4.78, 5) is 0. The van der Waals surface area contributed by atoms with Crippen molar-refractivity contribution in [2.24, 2.45) is 11.7 Å². The van der Waals surface area contributed by atoms with Crippen LogP contribution in [0.2, 0.25) is 0 Å². The smallest absolute Gasteiger partial charge is 0.0817 e. The van der Waals surface area contributed by atoms with Crippen LogP contribution in [0.25, 0.3) is 0 Å². The van der Waals surface area contributed by atoms with E-state index in [-0.39, 0.29) is 6.10 Å². The van der Waals surface area contributed by atoms with Gasteiger partial charge in [0.15, 0.2) is 0 Å². The van der Waals surface area contributed by atoms with Crippen molar-refractivity contribution in [2.45, 2.75) is 18.9 Å². The molecule has 0 spiro atoms. The van der Waals surface area contributed by atoms with Gasteiger partial charge in [0.1, 0.15) is 0 Å². The predicted octanol–water partition coefficient (Wildman–Crippen LogP) is -0.0237. The minimum atomic E-state index is 0.124. The molecule has 1 aliphatic rings. The Bertz CT molecular complexity index is 136. The van der Waals surface area contributed by atoms with Gasteiger partial charge in [-0.3, -0.25) is 0 Å². The van der Waals surface area contributed by atoms with Crippen molar-refractivity contribution in [2.75, 3.05) is 40.0 Å². The van der Waals surface area contributed by atoms with Crippen LogP contribution in [-0.4, -0.2) is 46.1 Å². The highest BCUT2D eigenvalue weighted by molar-refractivity contribution is 4.72. The summed E-state index contributed by atoms with van der Waals surface area (Å²) >= 11 is 0. The van der Waals surface area contributed by atoms with Gasteiger partial charge in [0.25, 0.3) is 0 Å². The summed E-state index contributed by atoms with van der Waals surface area (Å²) < 4.78 is 10.6. The Hall–Kier alpha value is -0.160. The van der Waals surface area contributed by atoms with Crippen LogP contribution in [0.15, 0.2) is 0 Å². The van der Waals surface area contributed by atoms with E-state index in [9.17, 15) is 0 Å². The molecule has 1 unspecified atom stereocenters. The van der Waals surface area contributed by atoms with Gasteiger partial charge in [0, 0.05) is 33.4 Å². The van der Waals surface area contributed by atoms with Gasteiger partial charge in [-0.1, -0.05) is 0 Å². The van der Waals surface area contributed by atoms with E-state index in [1.165, 1.54) is 12.8 Å². The molecule has 0 amide bonds. The molecule has 0 aromatic carbocycles. The van der Waals surface area contributed by atoms with E-state index >= 15 is 0 Å². The van der Waals surface area contributed by atoms with Crippen LogP contribution in [0.3, 0.4) is 0 Å². The maximum atomic E-state index is 5.48. The Kier molecular flexibility index (Phi) is 6.10. The average molecular weight is 202 g/mol. The topological polar surface area (TPSA) is 56.5 Å². The zero-order chi connectivity index (χ0) is 10.2. The molecular formula is C10H22N2O2. The largest absolute Gasteiger partial charge is 0.380 e. The lowest BCUT2D eigenvalue weighted by atomic mass is 10.3. The Morgan fingerprint density at radius 1 is 1.50 bits per heavy atom. The molecule has 1 atom stereocenters. The van der Waals surface area contributed by atoms with Crippen LogP contribution in [0.5, 0.6) is 0 Å². The molecule has 1 aliphatic carbocycles. The van der Waals surface area contributed by atoms with Crippen molar-refractivity contribution in [3.8, 4) is 0 Å². The molecule has 3 N–H and O–H groups in total. The molecule has 0 radical (unpaired) electrons. The lowest BCUT2D eigenvalue weighted by Gasteiger charge is -2.13. The van der Waals surface area contributed by atoms with Crippen molar-refractivity contribution in [1.29, 1.82) is 0 Å². The van der Waals surface area contributed by atoms with E-state index in [0.717, 1.165) is 32.2 Å². The molecule has 0 heterocycles. The highest BCUT2D eigenvalue weighted by Crippen LogP contribution is 2.28. The van der Waals surface area contributed by atoms with Crippen LogP contribution in [0.1, 0.15) is 12.8 Å². The predicted molar refractivity (Wildman–Crippen MR) is 56.3 cm³/mol. The van der Waals surface area contributed by atoms with E-state index in [0.29, 0.717) is 6.54 Å². The molecular weight excluding hydrogens is 180 g/mol. The normalized spacial score (nSPS) is 18.4. The minimum Gasteiger partial charge on any atom is -0.380 e. The number of hydrogen-bond donors (Lipinski definition) is 2. The van der Waals surface area contributed by atoms with Crippen LogP contribution < -0.4 is 11.1 Å². The number of rotatable bonds is 9. The maximum absolute atomic E-state index is 5.48. The highest BCUT2D eigenvalue weighted by atomic mass is 16.5. The van der Waals surface area contributed by atoms with Gasteiger partial charge in [0.2, 0.25) is 0 Å². The fourth-order valence-electron chi connectivity index (χ4n) is 1.20. The van der Waals surface area contributed by atoms with E-state index in [4.69, 9.17) is 15.2 Å². The SMILES string of the molecule is COC(CN)CNCCOCC1CC1. The van der Waals surface area contributed by atoms with Crippen molar-refractivity contribution >= 4 is 0 Å². The number of nitrogens with one attached hydrogen (secondary N) is 1. The van der Waals surface area contributed by atoms with E-state index in [1.54, 1.807) is 7.11 Å². The summed E-state index contributed by atoms with van der Waals surface area (Å²) in [5.74, 6) is 0.853. The van der Waals surface area contributed by atoms with Gasteiger partial charge in [0.05, 0.1) is 12.7 Å². The number of methoxy groups -OCH3 is 1. The second-order valence-electron chi connectivity index (χ2n) is 3.82. The second kappa shape index (κ2) is 7.17. The van der Waals surface area contributed by atoms with Crippen molar-refractivity contribution < 1.29 is 9.47 Å². The van der Waals surface area contributed by atoms with Crippen molar-refractivity contribution in [1.82, 2.24) is 5.32 Å². The van der Waals surface area contributed by atoms with E-state index in [1.807, 2.05) is 0 Å². The van der Waals surface area contributed by atoms with Gasteiger partial charge in [-0.25, -0.2) is 0 Å². The van der Waals surface area contributed by atoms with Crippen molar-refractivity contribution in [3.05, 3.63) is 0 Å². The summed E-state index contributed by atoms with van der Waals surface area (Å²) in [6, 6.07) is 0. The van der Waals surface area contributed by atoms with Crippen molar-refractivity contribution in [3.63, 3.8) is 0 Å². The van der Waals surface area contributed by atoms with Crippen LogP contribution in [0.4, 0.5) is 0 Å². The highest BCUT2D eigenvalue weighted by Gasteiger charge is 2.20. The molecule has 0 saturated heterocycles. The molecule has 1 fully saturated rings. The number of ether oxygens (including phenoxy) is 2. The fourth-order valence-corrected chi connectivity index (χ4v) is 1.20. The Labute approximate surface area is 86.1 Å². The number of hydrogen-bond acceptors (Lipinski definition) is 4. The summed E-state index contributed by atoms with van der Waals surface area (Å²) in [7, 11) is 1.68. The summed E-state index contributed by atoms with van der Waals surface area (Å²) in [6.07, 6.45) is 2.83. The quantitative estimate of drug-likeness (QED) is 0.516. The van der Waals surface area contributed by atoms with Gasteiger partial charge in [-0.15, -0.1) is 0 Å². The third-order valence-corrected chi connectivity index (χ3v) is 2.44. The first-order chi connectivity index (χ1) is 6.86. The summed E-state index contributed by atoms with van der Waals surface area (Å²) in [5.41, 5.74) is 5.48. The Balaban J connectivity index is 1.78. The molecule has 84 valence electrons. The zero-order valence-electron chi connectivity index (χ0n) is 9.00. The fraction of sp³-hybridized carbons (Fsp3) is 1.00.